The van der Waals surface area contributed by atoms with Gasteiger partial charge in [-0.1, -0.05) is 30.7 Å². The largest absolute Gasteiger partial charge is 0.480 e. The van der Waals surface area contributed by atoms with Gasteiger partial charge < -0.3 is 15.3 Å². The number of nitrogens with one attached hydrogen (secondary N) is 1. The van der Waals surface area contributed by atoms with Crippen LogP contribution in [0.25, 0.3) is 0 Å². The maximum Gasteiger partial charge on any atom is 0.327 e. The molecule has 0 spiro atoms. The summed E-state index contributed by atoms with van der Waals surface area (Å²) in [6.45, 7) is 2.22. The number of imide groups is 1. The molecule has 1 aromatic carbocycles. The third-order valence-corrected chi connectivity index (χ3v) is 5.31. The number of hydrogen-bond donors (Lipinski definition) is 2. The maximum atomic E-state index is 12.7. The zero-order chi connectivity index (χ0) is 20.3. The lowest BCUT2D eigenvalue weighted by molar-refractivity contribution is -0.141. The minimum atomic E-state index is -1.07. The predicted octanol–water partition coefficient (Wildman–Crippen LogP) is 1.53. The Kier molecular flexibility index (Phi) is 5.96. The highest BCUT2D eigenvalue weighted by Crippen LogP contribution is 2.30. The summed E-state index contributed by atoms with van der Waals surface area (Å²) in [6, 6.07) is 6.32. The van der Waals surface area contributed by atoms with Crippen molar-refractivity contribution in [1.29, 1.82) is 0 Å². The van der Waals surface area contributed by atoms with Gasteiger partial charge in [0.05, 0.1) is 0 Å². The molecule has 0 bridgehead atoms. The number of hydrogen-bond acceptors (Lipinski definition) is 4. The van der Waals surface area contributed by atoms with Gasteiger partial charge >= 0.3 is 12.0 Å². The Labute approximate surface area is 163 Å². The van der Waals surface area contributed by atoms with Gasteiger partial charge in [-0.05, 0) is 30.9 Å². The third-order valence-electron chi connectivity index (χ3n) is 5.31. The van der Waals surface area contributed by atoms with Crippen LogP contribution in [0.4, 0.5) is 4.79 Å². The fraction of sp³-hybridized carbons (Fsp3) is 0.500. The molecule has 0 aromatic heterocycles. The van der Waals surface area contributed by atoms with E-state index in [0.717, 1.165) is 11.1 Å². The third kappa shape index (κ3) is 4.16. The Morgan fingerprint density at radius 3 is 2.61 bits per heavy atom. The molecule has 8 nitrogen and oxygen atoms in total. The number of carbonyl (C=O) groups excluding carboxylic acids is 3. The van der Waals surface area contributed by atoms with Crippen LogP contribution in [0.3, 0.4) is 0 Å². The molecule has 2 atom stereocenters. The second-order valence-electron chi connectivity index (χ2n) is 7.33. The zero-order valence-electron chi connectivity index (χ0n) is 15.9. The number of carbonyl (C=O) groups is 4. The van der Waals surface area contributed by atoms with E-state index in [2.05, 4.69) is 5.32 Å². The van der Waals surface area contributed by atoms with E-state index < -0.39 is 18.1 Å². The van der Waals surface area contributed by atoms with E-state index in [0.29, 0.717) is 38.8 Å². The molecule has 3 rings (SSSR count). The van der Waals surface area contributed by atoms with E-state index in [4.69, 9.17) is 5.11 Å². The van der Waals surface area contributed by atoms with E-state index in [1.165, 1.54) is 11.8 Å². The highest BCUT2D eigenvalue weighted by Gasteiger charge is 2.46. The number of unbranched alkanes of at least 4 members (excludes halogenated alkanes) is 2. The van der Waals surface area contributed by atoms with Crippen LogP contribution in [0.5, 0.6) is 0 Å². The first-order chi connectivity index (χ1) is 13.4. The number of nitrogens with zero attached hydrogens (tertiary/aromatic N) is 2. The first kappa shape index (κ1) is 19.9. The molecule has 2 N–H and O–H groups in total. The molecule has 8 heteroatoms. The molecule has 2 unspecified atom stereocenters. The van der Waals surface area contributed by atoms with Crippen LogP contribution in [0.15, 0.2) is 24.3 Å². The molecule has 0 aliphatic carbocycles. The van der Waals surface area contributed by atoms with E-state index in [1.54, 1.807) is 4.90 Å². The van der Waals surface area contributed by atoms with E-state index >= 15 is 0 Å². The lowest BCUT2D eigenvalue weighted by Crippen LogP contribution is -2.39. The molecule has 1 fully saturated rings. The van der Waals surface area contributed by atoms with Crippen molar-refractivity contribution < 1.29 is 24.3 Å². The fourth-order valence-corrected chi connectivity index (χ4v) is 3.69. The average Bonchev–Trinajstić information content (AvgIpc) is 2.90. The smallest absolute Gasteiger partial charge is 0.327 e. The van der Waals surface area contributed by atoms with Gasteiger partial charge in [-0.3, -0.25) is 19.3 Å². The summed E-state index contributed by atoms with van der Waals surface area (Å²) in [7, 11) is 0. The second kappa shape index (κ2) is 8.41. The van der Waals surface area contributed by atoms with Crippen molar-refractivity contribution in [3.05, 3.63) is 35.4 Å². The number of benzene rings is 1. The standard InChI is InChI=1S/C20H25N3O5/c1-13(19(26)27)21-17(24)9-3-2-6-10-22-18(25)16-11-14-7-4-5-8-15(14)12-23(16)20(22)28/h4-5,7-8,13,16H,2-3,6,9-12H2,1H3,(H,21,24)(H,26,27). The van der Waals surface area contributed by atoms with Gasteiger partial charge in [-0.15, -0.1) is 0 Å². The maximum absolute atomic E-state index is 12.7. The summed E-state index contributed by atoms with van der Waals surface area (Å²) in [4.78, 5) is 50.6. The number of amides is 4. The van der Waals surface area contributed by atoms with Crippen molar-refractivity contribution in [1.82, 2.24) is 15.1 Å². The van der Waals surface area contributed by atoms with Gasteiger partial charge in [0.25, 0.3) is 5.91 Å². The van der Waals surface area contributed by atoms with Crippen LogP contribution >= 0.6 is 0 Å². The summed E-state index contributed by atoms with van der Waals surface area (Å²) in [5.74, 6) is -1.52. The van der Waals surface area contributed by atoms with E-state index in [-0.39, 0.29) is 24.3 Å². The number of urea groups is 1. The second-order valence-corrected chi connectivity index (χ2v) is 7.33. The highest BCUT2D eigenvalue weighted by atomic mass is 16.4. The Morgan fingerprint density at radius 1 is 1.18 bits per heavy atom. The molecule has 4 amide bonds. The number of aliphatic carboxylic acids is 1. The van der Waals surface area contributed by atoms with Crippen molar-refractivity contribution in [2.45, 2.75) is 57.7 Å². The Morgan fingerprint density at radius 2 is 1.89 bits per heavy atom. The first-order valence-corrected chi connectivity index (χ1v) is 9.59. The lowest BCUT2D eigenvalue weighted by atomic mass is 9.95. The summed E-state index contributed by atoms with van der Waals surface area (Å²) in [5.41, 5.74) is 2.21. The zero-order valence-corrected chi connectivity index (χ0v) is 15.9. The molecular weight excluding hydrogens is 362 g/mol. The van der Waals surface area contributed by atoms with Crippen molar-refractivity contribution in [2.75, 3.05) is 6.54 Å². The normalized spacial score (nSPS) is 19.2. The molecule has 0 radical (unpaired) electrons. The Bertz CT molecular complexity index is 751. The molecule has 150 valence electrons. The lowest BCUT2D eigenvalue weighted by Gasteiger charge is -2.28. The molecule has 0 saturated carbocycles. The van der Waals surface area contributed by atoms with Crippen LogP contribution in [-0.4, -0.2) is 57.3 Å². The van der Waals surface area contributed by atoms with Crippen molar-refractivity contribution in [2.24, 2.45) is 0 Å². The van der Waals surface area contributed by atoms with Gasteiger partial charge in [-0.2, -0.15) is 0 Å². The van der Waals surface area contributed by atoms with E-state index in [9.17, 15) is 19.2 Å². The van der Waals surface area contributed by atoms with Gasteiger partial charge in [0, 0.05) is 25.9 Å². The predicted molar refractivity (Wildman–Crippen MR) is 100 cm³/mol. The first-order valence-electron chi connectivity index (χ1n) is 9.59. The SMILES string of the molecule is CC(NC(=O)CCCCCN1C(=O)C2Cc3ccccc3CN2C1=O)C(=O)O. The molecule has 2 aliphatic heterocycles. The van der Waals surface area contributed by atoms with Crippen molar-refractivity contribution in [3.63, 3.8) is 0 Å². The minimum Gasteiger partial charge on any atom is -0.480 e. The average molecular weight is 387 g/mol. The van der Waals surface area contributed by atoms with Crippen LogP contribution in [0.2, 0.25) is 0 Å². The molecule has 2 heterocycles. The topological polar surface area (TPSA) is 107 Å². The minimum absolute atomic E-state index is 0.146. The highest BCUT2D eigenvalue weighted by molar-refractivity contribution is 6.04. The van der Waals surface area contributed by atoms with E-state index in [1.807, 2.05) is 24.3 Å². The molecule has 28 heavy (non-hydrogen) atoms. The van der Waals surface area contributed by atoms with Gasteiger partial charge in [0.2, 0.25) is 5.91 Å². The van der Waals surface area contributed by atoms with Crippen LogP contribution in [-0.2, 0) is 27.3 Å². The Hall–Kier alpha value is -2.90. The monoisotopic (exact) mass is 387 g/mol. The summed E-state index contributed by atoms with van der Waals surface area (Å²) >= 11 is 0. The number of rotatable bonds is 8. The van der Waals surface area contributed by atoms with Crippen LogP contribution in [0.1, 0.15) is 43.7 Å². The number of carboxylic acid groups (broad SMARTS) is 1. The fourth-order valence-electron chi connectivity index (χ4n) is 3.69. The Balaban J connectivity index is 1.44. The molecule has 2 aliphatic rings. The molecular formula is C20H25N3O5. The summed E-state index contributed by atoms with van der Waals surface area (Å²) in [6.07, 6.45) is 2.65. The summed E-state index contributed by atoms with van der Waals surface area (Å²) < 4.78 is 0. The van der Waals surface area contributed by atoms with Crippen LogP contribution in [0, 0.1) is 0 Å². The van der Waals surface area contributed by atoms with Crippen molar-refractivity contribution >= 4 is 23.8 Å². The van der Waals surface area contributed by atoms with Crippen LogP contribution < -0.4 is 5.32 Å². The summed E-state index contributed by atoms with van der Waals surface area (Å²) in [5, 5.41) is 11.2. The quantitative estimate of drug-likeness (QED) is 0.520. The number of fused-ring (bicyclic) bond motifs is 2. The van der Waals surface area contributed by atoms with Gasteiger partial charge in [-0.25, -0.2) is 4.79 Å². The molecule has 1 saturated heterocycles. The van der Waals surface area contributed by atoms with Crippen molar-refractivity contribution in [3.8, 4) is 0 Å². The number of carboxylic acids is 1. The van der Waals surface area contributed by atoms with Gasteiger partial charge in [0.15, 0.2) is 0 Å². The van der Waals surface area contributed by atoms with Gasteiger partial charge in [0.1, 0.15) is 12.1 Å². The molecule has 1 aromatic rings.